The highest BCUT2D eigenvalue weighted by Gasteiger charge is 2.30. The van der Waals surface area contributed by atoms with Crippen LogP contribution in [0.4, 0.5) is 0 Å². The highest BCUT2D eigenvalue weighted by molar-refractivity contribution is 9.10. The third kappa shape index (κ3) is 4.18. The number of hydrogen-bond donors (Lipinski definition) is 0. The molecule has 0 saturated heterocycles. The van der Waals surface area contributed by atoms with E-state index < -0.39 is 5.97 Å². The van der Waals surface area contributed by atoms with Gasteiger partial charge in [0.15, 0.2) is 5.76 Å². The summed E-state index contributed by atoms with van der Waals surface area (Å²) < 4.78 is 12.2. The van der Waals surface area contributed by atoms with Crippen molar-refractivity contribution in [2.45, 2.75) is 6.92 Å². The smallest absolute Gasteiger partial charge is 0.344 e. The van der Waals surface area contributed by atoms with Crippen molar-refractivity contribution in [2.24, 2.45) is 0 Å². The fraction of sp³-hybridized carbons (Fsp3) is 0.0345. The zero-order valence-corrected chi connectivity index (χ0v) is 19.8. The SMILES string of the molecule is Cc1c(OC(=O)c2ccccc2Br)ccc2c1O/C(=C\c1ccc(-c3ccccc3)cc1)C2=O. The molecule has 0 radical (unpaired) electrons. The van der Waals surface area contributed by atoms with E-state index >= 15 is 0 Å². The van der Waals surface area contributed by atoms with Gasteiger partial charge in [-0.05, 0) is 69.9 Å². The second-order valence-corrected chi connectivity index (χ2v) is 8.72. The van der Waals surface area contributed by atoms with Gasteiger partial charge in [-0.15, -0.1) is 0 Å². The van der Waals surface area contributed by atoms with Gasteiger partial charge in [0.2, 0.25) is 5.78 Å². The van der Waals surface area contributed by atoms with Crippen molar-refractivity contribution < 1.29 is 19.1 Å². The molecule has 1 aliphatic rings. The number of fused-ring (bicyclic) bond motifs is 1. The Morgan fingerprint density at radius 3 is 2.26 bits per heavy atom. The summed E-state index contributed by atoms with van der Waals surface area (Å²) in [6, 6.07) is 28.3. The lowest BCUT2D eigenvalue weighted by Gasteiger charge is -2.10. The van der Waals surface area contributed by atoms with Crippen LogP contribution in [0.15, 0.2) is 101 Å². The summed E-state index contributed by atoms with van der Waals surface area (Å²) in [6.07, 6.45) is 1.73. The fourth-order valence-corrected chi connectivity index (χ4v) is 4.26. The maximum Gasteiger partial charge on any atom is 0.344 e. The largest absolute Gasteiger partial charge is 0.452 e. The van der Waals surface area contributed by atoms with E-state index in [1.807, 2.05) is 48.5 Å². The number of halogens is 1. The summed E-state index contributed by atoms with van der Waals surface area (Å²) in [7, 11) is 0. The number of benzene rings is 4. The first kappa shape index (κ1) is 21.9. The van der Waals surface area contributed by atoms with Crippen LogP contribution in [-0.4, -0.2) is 11.8 Å². The van der Waals surface area contributed by atoms with Gasteiger partial charge in [0.25, 0.3) is 0 Å². The minimum atomic E-state index is -0.492. The first-order chi connectivity index (χ1) is 16.5. The molecule has 1 aliphatic heterocycles. The predicted molar refractivity (Wildman–Crippen MR) is 135 cm³/mol. The number of carbonyl (C=O) groups is 2. The van der Waals surface area contributed by atoms with Gasteiger partial charge in [0, 0.05) is 10.0 Å². The molecular weight excluding hydrogens is 492 g/mol. The van der Waals surface area contributed by atoms with Crippen LogP contribution in [0.5, 0.6) is 11.5 Å². The number of ketones is 1. The summed E-state index contributed by atoms with van der Waals surface area (Å²) in [5.41, 5.74) is 4.53. The second-order valence-electron chi connectivity index (χ2n) is 7.86. The van der Waals surface area contributed by atoms with E-state index in [9.17, 15) is 9.59 Å². The minimum Gasteiger partial charge on any atom is -0.452 e. The number of esters is 1. The van der Waals surface area contributed by atoms with E-state index in [0.29, 0.717) is 32.7 Å². The molecule has 0 aromatic heterocycles. The van der Waals surface area contributed by atoms with Gasteiger partial charge >= 0.3 is 5.97 Å². The van der Waals surface area contributed by atoms with Crippen molar-refractivity contribution in [1.29, 1.82) is 0 Å². The summed E-state index contributed by atoms with van der Waals surface area (Å²) >= 11 is 3.37. The Balaban J connectivity index is 1.38. The Bertz CT molecular complexity index is 1440. The van der Waals surface area contributed by atoms with Gasteiger partial charge < -0.3 is 9.47 Å². The maximum absolute atomic E-state index is 12.9. The number of hydrogen-bond acceptors (Lipinski definition) is 4. The Kier molecular flexibility index (Phi) is 5.86. The third-order valence-corrected chi connectivity index (χ3v) is 6.34. The molecule has 34 heavy (non-hydrogen) atoms. The fourth-order valence-electron chi connectivity index (χ4n) is 3.81. The molecule has 4 nitrogen and oxygen atoms in total. The molecule has 0 unspecified atom stereocenters. The van der Waals surface area contributed by atoms with Crippen molar-refractivity contribution in [3.05, 3.63) is 123 Å². The average Bonchev–Trinajstić information content (AvgIpc) is 3.18. The standard InChI is InChI=1S/C29H19BrO4/c1-18-25(34-29(32)22-9-5-6-10-24(22)30)16-15-23-27(31)26(33-28(18)23)17-19-11-13-21(14-12-19)20-7-3-2-4-8-20/h2-17H,1H3/b26-17-. The number of carbonyl (C=O) groups excluding carboxylic acids is 2. The lowest BCUT2D eigenvalue weighted by Crippen LogP contribution is -2.10. The molecule has 1 heterocycles. The number of ether oxygens (including phenoxy) is 2. The Morgan fingerprint density at radius 2 is 1.53 bits per heavy atom. The Morgan fingerprint density at radius 1 is 0.853 bits per heavy atom. The summed E-state index contributed by atoms with van der Waals surface area (Å²) in [5, 5.41) is 0. The van der Waals surface area contributed by atoms with Crippen molar-refractivity contribution >= 4 is 33.8 Å². The lowest BCUT2D eigenvalue weighted by molar-refractivity contribution is 0.0732. The lowest BCUT2D eigenvalue weighted by atomic mass is 10.0. The van der Waals surface area contributed by atoms with Crippen LogP contribution in [0.1, 0.15) is 31.8 Å². The molecule has 0 amide bonds. The monoisotopic (exact) mass is 510 g/mol. The van der Waals surface area contributed by atoms with Gasteiger partial charge in [0.1, 0.15) is 11.5 Å². The van der Waals surface area contributed by atoms with Crippen LogP contribution < -0.4 is 9.47 Å². The van der Waals surface area contributed by atoms with E-state index in [0.717, 1.165) is 16.7 Å². The molecule has 166 valence electrons. The third-order valence-electron chi connectivity index (χ3n) is 5.65. The highest BCUT2D eigenvalue weighted by atomic mass is 79.9. The van der Waals surface area contributed by atoms with E-state index in [-0.39, 0.29) is 11.5 Å². The van der Waals surface area contributed by atoms with Crippen LogP contribution in [0, 0.1) is 6.92 Å². The van der Waals surface area contributed by atoms with Crippen LogP contribution in [-0.2, 0) is 0 Å². The zero-order valence-electron chi connectivity index (χ0n) is 18.2. The van der Waals surface area contributed by atoms with E-state index in [1.54, 1.807) is 43.3 Å². The molecule has 0 N–H and O–H groups in total. The minimum absolute atomic E-state index is 0.200. The average molecular weight is 511 g/mol. The number of rotatable bonds is 4. The molecule has 0 atom stereocenters. The van der Waals surface area contributed by atoms with Gasteiger partial charge in [0.05, 0.1) is 11.1 Å². The quantitative estimate of drug-likeness (QED) is 0.164. The van der Waals surface area contributed by atoms with Gasteiger partial charge in [-0.2, -0.15) is 0 Å². The van der Waals surface area contributed by atoms with E-state index in [1.165, 1.54) is 0 Å². The van der Waals surface area contributed by atoms with E-state index in [4.69, 9.17) is 9.47 Å². The molecule has 4 aromatic carbocycles. The zero-order chi connectivity index (χ0) is 23.7. The molecule has 0 spiro atoms. The molecule has 0 aliphatic carbocycles. The topological polar surface area (TPSA) is 52.6 Å². The highest BCUT2D eigenvalue weighted by Crippen LogP contribution is 2.39. The molecule has 5 rings (SSSR count). The molecule has 5 heteroatoms. The predicted octanol–water partition coefficient (Wildman–Crippen LogP) is 7.26. The Hall–Kier alpha value is -3.96. The molecular formula is C29H19BrO4. The molecule has 0 fully saturated rings. The van der Waals surface area contributed by atoms with Gasteiger partial charge in [-0.3, -0.25) is 4.79 Å². The molecule has 0 saturated carbocycles. The Labute approximate surface area is 205 Å². The summed E-state index contributed by atoms with van der Waals surface area (Å²) in [5.74, 6) is 0.304. The first-order valence-electron chi connectivity index (χ1n) is 10.7. The summed E-state index contributed by atoms with van der Waals surface area (Å²) in [4.78, 5) is 25.5. The van der Waals surface area contributed by atoms with Crippen molar-refractivity contribution in [3.8, 4) is 22.6 Å². The van der Waals surface area contributed by atoms with Crippen molar-refractivity contribution in [3.63, 3.8) is 0 Å². The second kappa shape index (κ2) is 9.12. The van der Waals surface area contributed by atoms with Crippen molar-refractivity contribution in [2.75, 3.05) is 0 Å². The van der Waals surface area contributed by atoms with Crippen molar-refractivity contribution in [1.82, 2.24) is 0 Å². The number of Topliss-reactive ketones (excluding diaryl/α,β-unsaturated/α-hetero) is 1. The molecule has 0 bridgehead atoms. The van der Waals surface area contributed by atoms with Crippen LogP contribution >= 0.6 is 15.9 Å². The van der Waals surface area contributed by atoms with Crippen LogP contribution in [0.25, 0.3) is 17.2 Å². The van der Waals surface area contributed by atoms with Gasteiger partial charge in [-0.1, -0.05) is 66.7 Å². The maximum atomic E-state index is 12.9. The summed E-state index contributed by atoms with van der Waals surface area (Å²) in [6.45, 7) is 1.77. The van der Waals surface area contributed by atoms with Gasteiger partial charge in [-0.25, -0.2) is 4.79 Å². The van der Waals surface area contributed by atoms with Crippen LogP contribution in [0.2, 0.25) is 0 Å². The number of allylic oxidation sites excluding steroid dienone is 1. The normalized spacial score (nSPS) is 13.5. The van der Waals surface area contributed by atoms with E-state index in [2.05, 4.69) is 28.1 Å². The van der Waals surface area contributed by atoms with Crippen LogP contribution in [0.3, 0.4) is 0 Å². The first-order valence-corrected chi connectivity index (χ1v) is 11.5. The molecule has 4 aromatic rings.